The van der Waals surface area contributed by atoms with Crippen LogP contribution in [0.25, 0.3) is 0 Å². The average molecular weight is 223 g/mol. The maximum absolute atomic E-state index is 12.3. The van der Waals surface area contributed by atoms with Gasteiger partial charge in [0.05, 0.1) is 18.5 Å². The zero-order chi connectivity index (χ0) is 12.2. The Balaban J connectivity index is 2.87. The molecule has 0 radical (unpaired) electrons. The lowest BCUT2D eigenvalue weighted by Gasteiger charge is -2.37. The summed E-state index contributed by atoms with van der Waals surface area (Å²) in [5, 5.41) is 11.9. The second kappa shape index (κ2) is 5.31. The van der Waals surface area contributed by atoms with E-state index in [1.165, 1.54) is 0 Å². The lowest BCUT2D eigenvalue weighted by Crippen LogP contribution is -2.51. The summed E-state index contributed by atoms with van der Waals surface area (Å²) in [6.07, 6.45) is 2.14. The van der Waals surface area contributed by atoms with Gasteiger partial charge in [0.15, 0.2) is 0 Å². The molecule has 1 aliphatic heterocycles. The van der Waals surface area contributed by atoms with Gasteiger partial charge in [-0.25, -0.2) is 0 Å². The molecule has 0 bridgehead atoms. The van der Waals surface area contributed by atoms with Crippen molar-refractivity contribution in [1.82, 2.24) is 10.2 Å². The first-order chi connectivity index (χ1) is 7.53. The van der Waals surface area contributed by atoms with E-state index in [9.17, 15) is 4.79 Å². The second-order valence-electron chi connectivity index (χ2n) is 4.92. The van der Waals surface area contributed by atoms with Crippen molar-refractivity contribution in [1.29, 1.82) is 5.26 Å². The van der Waals surface area contributed by atoms with E-state index in [-0.39, 0.29) is 23.9 Å². The second-order valence-corrected chi connectivity index (χ2v) is 4.92. The van der Waals surface area contributed by atoms with Crippen molar-refractivity contribution in [2.75, 3.05) is 13.1 Å². The van der Waals surface area contributed by atoms with E-state index < -0.39 is 0 Å². The van der Waals surface area contributed by atoms with Gasteiger partial charge >= 0.3 is 0 Å². The van der Waals surface area contributed by atoms with Crippen molar-refractivity contribution in [3.63, 3.8) is 0 Å². The first kappa shape index (κ1) is 13.0. The summed E-state index contributed by atoms with van der Waals surface area (Å²) in [5.41, 5.74) is -0.107. The Morgan fingerprint density at radius 2 is 2.31 bits per heavy atom. The van der Waals surface area contributed by atoms with Crippen molar-refractivity contribution in [3.05, 3.63) is 0 Å². The summed E-state index contributed by atoms with van der Waals surface area (Å²) in [7, 11) is 0. The minimum Gasteiger partial charge on any atom is -0.336 e. The topological polar surface area (TPSA) is 56.1 Å². The zero-order valence-electron chi connectivity index (χ0n) is 10.4. The summed E-state index contributed by atoms with van der Waals surface area (Å²) >= 11 is 0. The number of amides is 1. The fourth-order valence-corrected chi connectivity index (χ4v) is 2.15. The third-order valence-electron chi connectivity index (χ3n) is 3.16. The third kappa shape index (κ3) is 2.73. The highest BCUT2D eigenvalue weighted by molar-refractivity contribution is 5.83. The summed E-state index contributed by atoms with van der Waals surface area (Å²) in [5.74, 6) is 0.0749. The Morgan fingerprint density at radius 3 is 2.88 bits per heavy atom. The smallest absolute Gasteiger partial charge is 0.241 e. The van der Waals surface area contributed by atoms with E-state index in [1.54, 1.807) is 0 Å². The van der Waals surface area contributed by atoms with E-state index in [2.05, 4.69) is 32.2 Å². The quantitative estimate of drug-likeness (QED) is 0.784. The number of hydrogen-bond donors (Lipinski definition) is 1. The molecule has 1 amide bonds. The molecule has 0 aliphatic carbocycles. The van der Waals surface area contributed by atoms with E-state index >= 15 is 0 Å². The van der Waals surface area contributed by atoms with Crippen LogP contribution in [0.4, 0.5) is 0 Å². The van der Waals surface area contributed by atoms with Crippen molar-refractivity contribution in [2.45, 2.75) is 51.6 Å². The number of rotatable bonds is 3. The highest BCUT2D eigenvalue weighted by atomic mass is 16.2. The molecule has 1 fully saturated rings. The van der Waals surface area contributed by atoms with Gasteiger partial charge in [-0.1, -0.05) is 6.92 Å². The number of hydrogen-bond acceptors (Lipinski definition) is 3. The van der Waals surface area contributed by atoms with Crippen molar-refractivity contribution in [3.8, 4) is 6.07 Å². The molecule has 16 heavy (non-hydrogen) atoms. The number of nitrogens with one attached hydrogen (secondary N) is 1. The minimum atomic E-state index is -0.321. The lowest BCUT2D eigenvalue weighted by molar-refractivity contribution is -0.137. The first-order valence-electron chi connectivity index (χ1n) is 5.94. The minimum absolute atomic E-state index is 0.0749. The van der Waals surface area contributed by atoms with Crippen LogP contribution >= 0.6 is 0 Å². The average Bonchev–Trinajstić information content (AvgIpc) is 2.31. The molecule has 1 N–H and O–H groups in total. The van der Waals surface area contributed by atoms with Crippen LogP contribution in [0.3, 0.4) is 0 Å². The molecule has 4 heteroatoms. The molecule has 90 valence electrons. The number of carbonyl (C=O) groups is 1. The molecule has 4 nitrogen and oxygen atoms in total. The van der Waals surface area contributed by atoms with Gasteiger partial charge in [0, 0.05) is 12.1 Å². The summed E-state index contributed by atoms with van der Waals surface area (Å²) in [4.78, 5) is 14.2. The molecule has 0 aromatic rings. The van der Waals surface area contributed by atoms with Gasteiger partial charge in [-0.05, 0) is 33.2 Å². The summed E-state index contributed by atoms with van der Waals surface area (Å²) in [6, 6.07) is 1.75. The fraction of sp³-hybridized carbons (Fsp3) is 0.833. The maximum atomic E-state index is 12.3. The molecule has 1 rings (SSSR count). The Morgan fingerprint density at radius 1 is 1.62 bits per heavy atom. The molecule has 0 aromatic heterocycles. The molecule has 0 aromatic carbocycles. The summed E-state index contributed by atoms with van der Waals surface area (Å²) in [6.45, 7) is 7.83. The predicted molar refractivity (Wildman–Crippen MR) is 62.7 cm³/mol. The van der Waals surface area contributed by atoms with Crippen LogP contribution in [0.5, 0.6) is 0 Å². The van der Waals surface area contributed by atoms with Crippen LogP contribution in [0, 0.1) is 11.3 Å². The standard InChI is InChI=1S/C12H21N3O/c1-4-9-15-11(16)10(5-7-13)14-8-6-12(15,2)3/h10,14H,4-6,8-9H2,1-3H3. The SMILES string of the molecule is CCCN1C(=O)C(CC#N)NCCC1(C)C. The molecule has 0 spiro atoms. The van der Waals surface area contributed by atoms with E-state index in [0.29, 0.717) is 0 Å². The zero-order valence-corrected chi connectivity index (χ0v) is 10.4. The highest BCUT2D eigenvalue weighted by Gasteiger charge is 2.36. The highest BCUT2D eigenvalue weighted by Crippen LogP contribution is 2.23. The molecular weight excluding hydrogens is 202 g/mol. The van der Waals surface area contributed by atoms with Gasteiger partial charge in [0.2, 0.25) is 5.91 Å². The van der Waals surface area contributed by atoms with Gasteiger partial charge in [0.25, 0.3) is 0 Å². The van der Waals surface area contributed by atoms with E-state index in [0.717, 1.165) is 25.9 Å². The first-order valence-corrected chi connectivity index (χ1v) is 5.94. The van der Waals surface area contributed by atoms with Gasteiger partial charge in [-0.15, -0.1) is 0 Å². The van der Waals surface area contributed by atoms with Crippen LogP contribution < -0.4 is 5.32 Å². The van der Waals surface area contributed by atoms with Crippen molar-refractivity contribution in [2.24, 2.45) is 0 Å². The van der Waals surface area contributed by atoms with Gasteiger partial charge in [-0.3, -0.25) is 4.79 Å². The van der Waals surface area contributed by atoms with Gasteiger partial charge in [-0.2, -0.15) is 5.26 Å². The summed E-state index contributed by atoms with van der Waals surface area (Å²) < 4.78 is 0. The largest absolute Gasteiger partial charge is 0.336 e. The van der Waals surface area contributed by atoms with E-state index in [1.807, 2.05) is 4.90 Å². The monoisotopic (exact) mass is 223 g/mol. The van der Waals surface area contributed by atoms with E-state index in [4.69, 9.17) is 5.26 Å². The molecule has 1 heterocycles. The van der Waals surface area contributed by atoms with Crippen LogP contribution in [-0.2, 0) is 4.79 Å². The number of nitriles is 1. The van der Waals surface area contributed by atoms with Crippen molar-refractivity contribution < 1.29 is 4.79 Å². The predicted octanol–water partition coefficient (Wildman–Crippen LogP) is 1.28. The Bertz CT molecular complexity index is 293. The Kier molecular flexibility index (Phi) is 4.31. The normalized spacial score (nSPS) is 25.0. The van der Waals surface area contributed by atoms with Gasteiger partial charge in [0.1, 0.15) is 0 Å². The Hall–Kier alpha value is -1.08. The fourth-order valence-electron chi connectivity index (χ4n) is 2.15. The third-order valence-corrected chi connectivity index (χ3v) is 3.16. The molecular formula is C12H21N3O. The molecule has 1 atom stereocenters. The maximum Gasteiger partial charge on any atom is 0.241 e. The van der Waals surface area contributed by atoms with Crippen LogP contribution in [0.15, 0.2) is 0 Å². The van der Waals surface area contributed by atoms with Crippen LogP contribution in [0.2, 0.25) is 0 Å². The molecule has 1 saturated heterocycles. The molecule has 1 unspecified atom stereocenters. The Labute approximate surface area is 97.6 Å². The molecule has 1 aliphatic rings. The molecule has 0 saturated carbocycles. The number of nitrogens with zero attached hydrogens (tertiary/aromatic N) is 2. The lowest BCUT2D eigenvalue weighted by atomic mass is 9.98. The van der Waals surface area contributed by atoms with Gasteiger partial charge < -0.3 is 10.2 Å². The number of carbonyl (C=O) groups excluding carboxylic acids is 1. The van der Waals surface area contributed by atoms with Crippen molar-refractivity contribution >= 4 is 5.91 Å². The van der Waals surface area contributed by atoms with Crippen LogP contribution in [-0.4, -0.2) is 35.5 Å². The van der Waals surface area contributed by atoms with Crippen LogP contribution in [0.1, 0.15) is 40.0 Å².